The van der Waals surface area contributed by atoms with Crippen LogP contribution in [0, 0.1) is 0 Å². The molecule has 0 saturated carbocycles. The molecule has 14 heavy (non-hydrogen) atoms. The second-order valence-electron chi connectivity index (χ2n) is 3.25. The predicted octanol–water partition coefficient (Wildman–Crippen LogP) is 2.63. The Morgan fingerprint density at radius 1 is 1.36 bits per heavy atom. The van der Waals surface area contributed by atoms with Gasteiger partial charge in [-0.05, 0) is 0 Å². The quantitative estimate of drug-likeness (QED) is 0.865. The maximum absolute atomic E-state index is 5.95. The normalized spacial score (nSPS) is 15.1. The summed E-state index contributed by atoms with van der Waals surface area (Å²) in [5, 5.41) is 0. The molecule has 0 fully saturated rings. The summed E-state index contributed by atoms with van der Waals surface area (Å²) >= 11 is 3.56. The number of nitrogens with two attached hydrogens (primary N) is 1. The molecule has 0 aliphatic rings. The zero-order chi connectivity index (χ0) is 10.6. The molecule has 1 aromatic rings. The zero-order valence-electron chi connectivity index (χ0n) is 8.66. The molecule has 3 heteroatoms. The maximum atomic E-state index is 5.95. The average molecular weight is 313 g/mol. The van der Waals surface area contributed by atoms with Gasteiger partial charge in [0.1, 0.15) is 0 Å². The molecule has 0 spiro atoms. The van der Waals surface area contributed by atoms with E-state index in [1.165, 1.54) is 16.9 Å². The molecule has 3 radical (unpaired) electrons. The first-order valence-electron chi connectivity index (χ1n) is 4.84. The summed E-state index contributed by atoms with van der Waals surface area (Å²) in [4.78, 5) is 0. The Bertz CT molecular complexity index is 288. The van der Waals surface area contributed by atoms with Gasteiger partial charge in [0.15, 0.2) is 0 Å². The van der Waals surface area contributed by atoms with Crippen molar-refractivity contribution in [1.29, 1.82) is 0 Å². The topological polar surface area (TPSA) is 26.0 Å². The molecule has 0 aromatic heterocycles. The fourth-order valence-electron chi connectivity index (χ4n) is 1.42. The van der Waals surface area contributed by atoms with Crippen molar-refractivity contribution in [2.24, 2.45) is 5.73 Å². The molecule has 0 aliphatic carbocycles. The van der Waals surface area contributed by atoms with E-state index in [0.29, 0.717) is 3.27 Å². The molecule has 2 N–H and O–H groups in total. The number of hydrogen-bond acceptors (Lipinski definition) is 2. The molecular formula is C11H16NSSn. The van der Waals surface area contributed by atoms with Crippen LogP contribution in [0.15, 0.2) is 24.3 Å². The van der Waals surface area contributed by atoms with Gasteiger partial charge < -0.3 is 0 Å². The second-order valence-corrected chi connectivity index (χ2v) is 7.48. The van der Waals surface area contributed by atoms with Crippen molar-refractivity contribution in [2.75, 3.05) is 5.75 Å². The number of benzene rings is 1. The zero-order valence-corrected chi connectivity index (χ0v) is 12.3. The standard InChI is InChI=1S/C11H16NS.Sn/c1-3-13-8-10-6-4-5-7-11(10)9(2)12;/h4-9H,3,12H2,1-2H3;. The van der Waals surface area contributed by atoms with Crippen LogP contribution in [0.1, 0.15) is 34.3 Å². The van der Waals surface area contributed by atoms with Crippen LogP contribution < -0.4 is 5.73 Å². The van der Waals surface area contributed by atoms with E-state index in [1.54, 1.807) is 22.5 Å². The SMILES string of the molecule is CCS[CH]([Sn])c1ccccc1C(C)N. The third-order valence-electron chi connectivity index (χ3n) is 2.10. The van der Waals surface area contributed by atoms with Gasteiger partial charge in [0.05, 0.1) is 0 Å². The molecule has 75 valence electrons. The first-order valence-corrected chi connectivity index (χ1v) is 7.53. The van der Waals surface area contributed by atoms with Gasteiger partial charge in [-0.25, -0.2) is 0 Å². The third kappa shape index (κ3) is 3.17. The number of thioether (sulfide) groups is 1. The Morgan fingerprint density at radius 3 is 2.43 bits per heavy atom. The van der Waals surface area contributed by atoms with E-state index in [4.69, 9.17) is 5.73 Å². The van der Waals surface area contributed by atoms with E-state index in [0.717, 1.165) is 0 Å². The summed E-state index contributed by atoms with van der Waals surface area (Å²) in [6.07, 6.45) is 0. The minimum atomic E-state index is 0.145. The molecule has 1 nitrogen and oxygen atoms in total. The first-order chi connectivity index (χ1) is 6.66. The molecule has 2 atom stereocenters. The molecule has 0 bridgehead atoms. The molecule has 0 saturated heterocycles. The molecular weight excluding hydrogens is 297 g/mol. The van der Waals surface area contributed by atoms with E-state index in [-0.39, 0.29) is 6.04 Å². The van der Waals surface area contributed by atoms with E-state index in [9.17, 15) is 0 Å². The van der Waals surface area contributed by atoms with Crippen LogP contribution >= 0.6 is 11.8 Å². The van der Waals surface area contributed by atoms with E-state index >= 15 is 0 Å². The van der Waals surface area contributed by atoms with Crippen LogP contribution in [-0.2, 0) is 0 Å². The number of rotatable bonds is 4. The fourth-order valence-corrected chi connectivity index (χ4v) is 4.33. The van der Waals surface area contributed by atoms with Crippen molar-refractivity contribution in [1.82, 2.24) is 0 Å². The van der Waals surface area contributed by atoms with Gasteiger partial charge in [-0.1, -0.05) is 0 Å². The molecule has 1 rings (SSSR count). The van der Waals surface area contributed by atoms with Gasteiger partial charge in [0.25, 0.3) is 0 Å². The Kier molecular flexibility index (Phi) is 5.34. The van der Waals surface area contributed by atoms with Gasteiger partial charge in [-0.2, -0.15) is 0 Å². The second kappa shape index (κ2) is 6.03. The van der Waals surface area contributed by atoms with Gasteiger partial charge in [0.2, 0.25) is 0 Å². The van der Waals surface area contributed by atoms with Crippen molar-refractivity contribution in [3.63, 3.8) is 0 Å². The van der Waals surface area contributed by atoms with Crippen molar-refractivity contribution in [3.8, 4) is 0 Å². The van der Waals surface area contributed by atoms with Crippen LogP contribution in [0.2, 0.25) is 0 Å². The fraction of sp³-hybridized carbons (Fsp3) is 0.455. The molecule has 0 heterocycles. The molecule has 0 amide bonds. The van der Waals surface area contributed by atoms with E-state index in [2.05, 4.69) is 38.1 Å². The summed E-state index contributed by atoms with van der Waals surface area (Å²) in [5.41, 5.74) is 8.67. The Labute approximate surface area is 104 Å². The summed E-state index contributed by atoms with van der Waals surface area (Å²) in [6.45, 7) is 4.26. The Morgan fingerprint density at radius 2 is 1.93 bits per heavy atom. The number of hydrogen-bond donors (Lipinski definition) is 1. The average Bonchev–Trinajstić information content (AvgIpc) is 2.18. The van der Waals surface area contributed by atoms with Crippen molar-refractivity contribution < 1.29 is 0 Å². The molecule has 1 aromatic carbocycles. The summed E-state index contributed by atoms with van der Waals surface area (Å²) in [6, 6.07) is 8.68. The van der Waals surface area contributed by atoms with Crippen LogP contribution in [0.5, 0.6) is 0 Å². The van der Waals surface area contributed by atoms with Gasteiger partial charge in [-0.15, -0.1) is 0 Å². The van der Waals surface area contributed by atoms with Crippen LogP contribution in [0.3, 0.4) is 0 Å². The van der Waals surface area contributed by atoms with E-state index in [1.807, 2.05) is 11.8 Å². The van der Waals surface area contributed by atoms with Crippen molar-refractivity contribution >= 4 is 34.3 Å². The predicted molar refractivity (Wildman–Crippen MR) is 65.7 cm³/mol. The van der Waals surface area contributed by atoms with Gasteiger partial charge in [0, 0.05) is 0 Å². The Hall–Kier alpha value is 0.329. The monoisotopic (exact) mass is 314 g/mol. The van der Waals surface area contributed by atoms with Crippen LogP contribution in [0.25, 0.3) is 0 Å². The summed E-state index contributed by atoms with van der Waals surface area (Å²) < 4.78 is 0.634. The van der Waals surface area contributed by atoms with Crippen LogP contribution in [-0.4, -0.2) is 28.3 Å². The summed E-state index contributed by atoms with van der Waals surface area (Å²) in [5.74, 6) is 1.17. The van der Waals surface area contributed by atoms with E-state index < -0.39 is 0 Å². The van der Waals surface area contributed by atoms with Crippen molar-refractivity contribution in [3.05, 3.63) is 35.4 Å². The van der Waals surface area contributed by atoms with Gasteiger partial charge in [-0.3, -0.25) is 0 Å². The molecule has 2 unspecified atom stereocenters. The Balaban J connectivity index is 2.94. The summed E-state index contributed by atoms with van der Waals surface area (Å²) in [7, 11) is 0. The van der Waals surface area contributed by atoms with Crippen LogP contribution in [0.4, 0.5) is 0 Å². The minimum absolute atomic E-state index is 0.145. The third-order valence-corrected chi connectivity index (χ3v) is 5.34. The molecule has 0 aliphatic heterocycles. The van der Waals surface area contributed by atoms with Gasteiger partial charge >= 0.3 is 104 Å². The first kappa shape index (κ1) is 12.4. The van der Waals surface area contributed by atoms with Crippen molar-refractivity contribution in [2.45, 2.75) is 23.2 Å².